The van der Waals surface area contributed by atoms with E-state index in [1.54, 1.807) is 12.1 Å². The summed E-state index contributed by atoms with van der Waals surface area (Å²) in [6, 6.07) is 29.7. The van der Waals surface area contributed by atoms with Crippen LogP contribution in [0.15, 0.2) is 108 Å². The molecule has 10 heteroatoms. The lowest BCUT2D eigenvalue weighted by Crippen LogP contribution is -2.38. The zero-order chi connectivity index (χ0) is 32.0. The number of nitrogens with one attached hydrogen (secondary N) is 1. The van der Waals surface area contributed by atoms with Crippen LogP contribution in [-0.4, -0.2) is 43.9 Å². The number of ether oxygens (including phenoxy) is 2. The highest BCUT2D eigenvalue weighted by Gasteiger charge is 2.38. The minimum Gasteiger partial charge on any atom is -0.478 e. The number of carbonyl (C=O) groups excluding carboxylic acids is 1. The Bertz CT molecular complexity index is 1830. The lowest BCUT2D eigenvalue weighted by atomic mass is 9.91. The Kier molecular flexibility index (Phi) is 9.70. The lowest BCUT2D eigenvalue weighted by molar-refractivity contribution is -0.268. The summed E-state index contributed by atoms with van der Waals surface area (Å²) in [5, 5.41) is 22.1. The first-order chi connectivity index (χ1) is 22.4. The summed E-state index contributed by atoms with van der Waals surface area (Å²) in [5.74, 6) is -0.799. The summed E-state index contributed by atoms with van der Waals surface area (Å²) in [6.07, 6.45) is 0.252. The number of amides is 1. The number of thioether (sulfide) groups is 1. The molecule has 0 spiro atoms. The Balaban J connectivity index is 1.17. The van der Waals surface area contributed by atoms with Gasteiger partial charge in [0.15, 0.2) is 6.29 Å². The standard InChI is InChI=1S/C36H33N3O6S/c1-22-31(21-46-32-9-5-2-6-27(32)35(42)43)44-36(45-33(22)25-14-12-24(20-40)13-15-25)26-16-10-23(11-17-26)18-38-34(41)30-19-37-28-7-3-4-8-29(28)39-30/h2-17,19,22,31,33,36,40H,18,20-21H2,1H3,(H,38,41)(H,42,43). The molecule has 1 fully saturated rings. The minimum atomic E-state index is -0.967. The van der Waals surface area contributed by atoms with Gasteiger partial charge < -0.3 is 25.0 Å². The molecular formula is C36H33N3O6S. The van der Waals surface area contributed by atoms with Crippen LogP contribution >= 0.6 is 11.8 Å². The Morgan fingerprint density at radius 3 is 2.26 bits per heavy atom. The number of aromatic nitrogens is 2. The van der Waals surface area contributed by atoms with Crippen molar-refractivity contribution >= 4 is 34.7 Å². The number of rotatable bonds is 10. The zero-order valence-corrected chi connectivity index (χ0v) is 25.9. The largest absolute Gasteiger partial charge is 0.478 e. The Hall–Kier alpha value is -4.61. The van der Waals surface area contributed by atoms with E-state index < -0.39 is 12.3 Å². The van der Waals surface area contributed by atoms with Gasteiger partial charge in [0.05, 0.1) is 41.6 Å². The van der Waals surface area contributed by atoms with Crippen LogP contribution in [0.25, 0.3) is 11.0 Å². The molecule has 1 saturated heterocycles. The van der Waals surface area contributed by atoms with E-state index in [0.717, 1.165) is 27.8 Å². The number of aliphatic hydroxyl groups excluding tert-OH is 1. The molecule has 4 aromatic carbocycles. The molecule has 9 nitrogen and oxygen atoms in total. The van der Waals surface area contributed by atoms with Crippen molar-refractivity contribution in [1.29, 1.82) is 0 Å². The molecule has 1 aromatic heterocycles. The molecule has 3 N–H and O–H groups in total. The second-order valence-electron chi connectivity index (χ2n) is 11.1. The van der Waals surface area contributed by atoms with E-state index in [9.17, 15) is 19.8 Å². The van der Waals surface area contributed by atoms with Crippen LogP contribution < -0.4 is 5.32 Å². The number of hydrogen-bond donors (Lipinski definition) is 3. The molecule has 2 heterocycles. The molecular weight excluding hydrogens is 602 g/mol. The number of nitrogens with zero attached hydrogens (tertiary/aromatic N) is 2. The Morgan fingerprint density at radius 1 is 0.848 bits per heavy atom. The van der Waals surface area contributed by atoms with Crippen molar-refractivity contribution in [1.82, 2.24) is 15.3 Å². The number of fused-ring (bicyclic) bond motifs is 1. The van der Waals surface area contributed by atoms with Gasteiger partial charge in [-0.3, -0.25) is 9.78 Å². The molecule has 0 aliphatic carbocycles. The molecule has 0 radical (unpaired) electrons. The predicted octanol–water partition coefficient (Wildman–Crippen LogP) is 6.33. The molecule has 234 valence electrons. The maximum absolute atomic E-state index is 12.8. The number of carbonyl (C=O) groups is 2. The van der Waals surface area contributed by atoms with E-state index in [0.29, 0.717) is 22.7 Å². The summed E-state index contributed by atoms with van der Waals surface area (Å²) >= 11 is 1.45. The second-order valence-corrected chi connectivity index (χ2v) is 12.2. The number of aliphatic hydroxyl groups is 1. The smallest absolute Gasteiger partial charge is 0.336 e. The quantitative estimate of drug-likeness (QED) is 0.151. The van der Waals surface area contributed by atoms with E-state index in [1.807, 2.05) is 84.9 Å². The van der Waals surface area contributed by atoms with E-state index in [4.69, 9.17) is 9.47 Å². The molecule has 1 amide bonds. The highest BCUT2D eigenvalue weighted by Crippen LogP contribution is 2.43. The molecule has 5 aromatic rings. The van der Waals surface area contributed by atoms with Crippen molar-refractivity contribution in [2.75, 3.05) is 5.75 Å². The van der Waals surface area contributed by atoms with Gasteiger partial charge in [-0.2, -0.15) is 0 Å². The van der Waals surface area contributed by atoms with Crippen molar-refractivity contribution in [3.8, 4) is 0 Å². The van der Waals surface area contributed by atoms with Crippen LogP contribution in [-0.2, 0) is 22.6 Å². The topological polar surface area (TPSA) is 131 Å². The van der Waals surface area contributed by atoms with E-state index in [1.165, 1.54) is 18.0 Å². The zero-order valence-electron chi connectivity index (χ0n) is 25.1. The van der Waals surface area contributed by atoms with Gasteiger partial charge in [-0.1, -0.05) is 79.7 Å². The SMILES string of the molecule is CC1C(CSc2ccccc2C(=O)O)OC(c2ccc(CNC(=O)c3cnc4ccccc4n3)cc2)OC1c1ccc(CO)cc1. The monoisotopic (exact) mass is 635 g/mol. The fourth-order valence-corrected chi connectivity index (χ4v) is 6.59. The maximum Gasteiger partial charge on any atom is 0.336 e. The summed E-state index contributed by atoms with van der Waals surface area (Å²) in [5.41, 5.74) is 5.39. The van der Waals surface area contributed by atoms with E-state index in [2.05, 4.69) is 22.2 Å². The van der Waals surface area contributed by atoms with Gasteiger partial charge in [-0.05, 0) is 41.0 Å². The number of benzene rings is 4. The fraction of sp³-hybridized carbons (Fsp3) is 0.222. The molecule has 46 heavy (non-hydrogen) atoms. The molecule has 0 bridgehead atoms. The Morgan fingerprint density at radius 2 is 1.52 bits per heavy atom. The number of carboxylic acid groups (broad SMARTS) is 1. The average molecular weight is 636 g/mol. The van der Waals surface area contributed by atoms with Gasteiger partial charge in [0.1, 0.15) is 5.69 Å². The summed E-state index contributed by atoms with van der Waals surface area (Å²) in [6.45, 7) is 2.33. The first-order valence-electron chi connectivity index (χ1n) is 14.9. The molecule has 1 aliphatic rings. The molecule has 4 atom stereocenters. The van der Waals surface area contributed by atoms with Gasteiger partial charge in [-0.15, -0.1) is 11.8 Å². The summed E-state index contributed by atoms with van der Waals surface area (Å²) < 4.78 is 13.1. The van der Waals surface area contributed by atoms with Gasteiger partial charge in [0.25, 0.3) is 5.91 Å². The third-order valence-electron chi connectivity index (χ3n) is 8.03. The summed E-state index contributed by atoms with van der Waals surface area (Å²) in [4.78, 5) is 34.0. The third-order valence-corrected chi connectivity index (χ3v) is 9.19. The lowest BCUT2D eigenvalue weighted by Gasteiger charge is -2.41. The van der Waals surface area contributed by atoms with Crippen LogP contribution in [0.3, 0.4) is 0 Å². The molecule has 6 rings (SSSR count). The van der Waals surface area contributed by atoms with Crippen molar-refractivity contribution in [2.24, 2.45) is 5.92 Å². The van der Waals surface area contributed by atoms with Crippen LogP contribution in [0.5, 0.6) is 0 Å². The van der Waals surface area contributed by atoms with Gasteiger partial charge in [-0.25, -0.2) is 9.78 Å². The van der Waals surface area contributed by atoms with E-state index in [-0.39, 0.29) is 41.9 Å². The van der Waals surface area contributed by atoms with E-state index >= 15 is 0 Å². The first kappa shape index (κ1) is 31.4. The molecule has 1 aliphatic heterocycles. The van der Waals surface area contributed by atoms with Gasteiger partial charge in [0, 0.05) is 28.7 Å². The summed E-state index contributed by atoms with van der Waals surface area (Å²) in [7, 11) is 0. The highest BCUT2D eigenvalue weighted by atomic mass is 32.2. The van der Waals surface area contributed by atoms with Crippen molar-refractivity contribution in [3.63, 3.8) is 0 Å². The fourth-order valence-electron chi connectivity index (χ4n) is 5.38. The van der Waals surface area contributed by atoms with Crippen LogP contribution in [0.2, 0.25) is 0 Å². The van der Waals surface area contributed by atoms with Crippen LogP contribution in [0, 0.1) is 5.92 Å². The molecule has 4 unspecified atom stereocenters. The second kappa shape index (κ2) is 14.2. The van der Waals surface area contributed by atoms with Gasteiger partial charge >= 0.3 is 5.97 Å². The number of aromatic carboxylic acids is 1. The maximum atomic E-state index is 12.8. The number of para-hydroxylation sites is 2. The highest BCUT2D eigenvalue weighted by molar-refractivity contribution is 7.99. The normalized spacial score (nSPS) is 19.5. The van der Waals surface area contributed by atoms with Crippen molar-refractivity contribution in [3.05, 3.63) is 137 Å². The van der Waals surface area contributed by atoms with Crippen LogP contribution in [0.1, 0.15) is 62.4 Å². The number of carboxylic acids is 1. The predicted molar refractivity (Wildman–Crippen MR) is 174 cm³/mol. The first-order valence-corrected chi connectivity index (χ1v) is 15.9. The van der Waals surface area contributed by atoms with Crippen LogP contribution in [0.4, 0.5) is 0 Å². The van der Waals surface area contributed by atoms with Crippen molar-refractivity contribution in [2.45, 2.75) is 43.5 Å². The molecule has 0 saturated carbocycles. The van der Waals surface area contributed by atoms with Gasteiger partial charge in [0.2, 0.25) is 0 Å². The third kappa shape index (κ3) is 7.11. The Labute approximate surface area is 270 Å². The van der Waals surface area contributed by atoms with Crippen molar-refractivity contribution < 1.29 is 29.3 Å². The number of hydrogen-bond acceptors (Lipinski definition) is 8. The minimum absolute atomic E-state index is 0.0438. The average Bonchev–Trinajstić information content (AvgIpc) is 3.10.